The molecule has 0 aliphatic heterocycles. The highest BCUT2D eigenvalue weighted by atomic mass is 19.1. The predicted octanol–water partition coefficient (Wildman–Crippen LogP) is 3.81. The van der Waals surface area contributed by atoms with Gasteiger partial charge in [0.2, 0.25) is 0 Å². The van der Waals surface area contributed by atoms with Crippen molar-refractivity contribution in [2.24, 2.45) is 5.92 Å². The van der Waals surface area contributed by atoms with E-state index in [-0.39, 0.29) is 11.6 Å². The molecule has 20 heavy (non-hydrogen) atoms. The summed E-state index contributed by atoms with van der Waals surface area (Å²) in [7, 11) is 0. The van der Waals surface area contributed by atoms with Gasteiger partial charge in [-0.2, -0.15) is 0 Å². The Morgan fingerprint density at radius 1 is 1.25 bits per heavy atom. The maximum Gasteiger partial charge on any atom is 0.168 e. The summed E-state index contributed by atoms with van der Waals surface area (Å²) in [6.45, 7) is 6.24. The molecule has 1 fully saturated rings. The summed E-state index contributed by atoms with van der Waals surface area (Å²) in [5, 5.41) is 2.92. The van der Waals surface area contributed by atoms with E-state index < -0.39 is 11.6 Å². The fourth-order valence-corrected chi connectivity index (χ4v) is 2.21. The van der Waals surface area contributed by atoms with Crippen LogP contribution in [0.15, 0.2) is 6.07 Å². The van der Waals surface area contributed by atoms with Gasteiger partial charge in [-0.1, -0.05) is 13.8 Å². The Bertz CT molecular complexity index is 447. The van der Waals surface area contributed by atoms with Crippen molar-refractivity contribution >= 4 is 11.6 Å². The van der Waals surface area contributed by atoms with Crippen molar-refractivity contribution in [3.8, 4) is 0 Å². The van der Waals surface area contributed by atoms with Crippen LogP contribution in [0.2, 0.25) is 0 Å². The molecule has 5 heteroatoms. The summed E-state index contributed by atoms with van der Waals surface area (Å²) in [5.74, 6) is -0.125. The van der Waals surface area contributed by atoms with E-state index in [4.69, 9.17) is 0 Å². The molecule has 2 rings (SSSR count). The first-order valence-corrected chi connectivity index (χ1v) is 7.50. The largest absolute Gasteiger partial charge is 0.368 e. The number of rotatable bonds is 8. The van der Waals surface area contributed by atoms with Gasteiger partial charge in [0.15, 0.2) is 23.3 Å². The highest BCUT2D eigenvalue weighted by Crippen LogP contribution is 2.32. The number of halogens is 2. The Labute approximate surface area is 119 Å². The first-order valence-electron chi connectivity index (χ1n) is 7.50. The number of hydrogen-bond acceptors (Lipinski definition) is 3. The molecule has 3 nitrogen and oxygen atoms in total. The maximum atomic E-state index is 14.0. The molecular weight excluding hydrogens is 260 g/mol. The second kappa shape index (κ2) is 6.86. The van der Waals surface area contributed by atoms with Crippen LogP contribution in [0.3, 0.4) is 0 Å². The van der Waals surface area contributed by atoms with E-state index >= 15 is 0 Å². The van der Waals surface area contributed by atoms with Crippen LogP contribution in [0.1, 0.15) is 39.5 Å². The number of aromatic nitrogens is 1. The Kier molecular flexibility index (Phi) is 5.15. The van der Waals surface area contributed by atoms with Crippen molar-refractivity contribution in [3.05, 3.63) is 17.7 Å². The van der Waals surface area contributed by atoms with Crippen LogP contribution in [-0.2, 0) is 0 Å². The molecule has 0 unspecified atom stereocenters. The number of hydrogen-bond donors (Lipinski definition) is 1. The lowest BCUT2D eigenvalue weighted by Gasteiger charge is -2.24. The zero-order valence-corrected chi connectivity index (χ0v) is 12.3. The van der Waals surface area contributed by atoms with Gasteiger partial charge in [0.1, 0.15) is 0 Å². The quantitative estimate of drug-likeness (QED) is 0.786. The minimum Gasteiger partial charge on any atom is -0.368 e. The first kappa shape index (κ1) is 15.0. The van der Waals surface area contributed by atoms with Crippen LogP contribution in [-0.4, -0.2) is 24.6 Å². The molecule has 1 aliphatic carbocycles. The van der Waals surface area contributed by atoms with Crippen LogP contribution in [0.25, 0.3) is 0 Å². The number of nitrogens with one attached hydrogen (secondary N) is 1. The second-order valence-electron chi connectivity index (χ2n) is 5.44. The molecule has 0 spiro atoms. The van der Waals surface area contributed by atoms with Gasteiger partial charge in [-0.3, -0.25) is 0 Å². The fraction of sp³-hybridized carbons (Fsp3) is 0.667. The van der Waals surface area contributed by atoms with Crippen molar-refractivity contribution in [1.29, 1.82) is 0 Å². The van der Waals surface area contributed by atoms with Crippen molar-refractivity contribution in [2.75, 3.05) is 29.9 Å². The summed E-state index contributed by atoms with van der Waals surface area (Å²) >= 11 is 0. The van der Waals surface area contributed by atoms with Crippen LogP contribution in [0.4, 0.5) is 20.4 Å². The normalized spacial score (nSPS) is 14.4. The molecule has 112 valence electrons. The number of anilines is 2. The molecule has 0 atom stereocenters. The third-order valence-electron chi connectivity index (χ3n) is 3.42. The van der Waals surface area contributed by atoms with E-state index in [1.807, 2.05) is 11.8 Å². The monoisotopic (exact) mass is 283 g/mol. The fourth-order valence-electron chi connectivity index (χ4n) is 2.21. The molecule has 1 N–H and O–H groups in total. The molecule has 1 heterocycles. The Balaban J connectivity index is 2.21. The third-order valence-corrected chi connectivity index (χ3v) is 3.42. The lowest BCUT2D eigenvalue weighted by Crippen LogP contribution is -2.29. The number of nitrogens with zero attached hydrogens (tertiary/aromatic N) is 2. The zero-order valence-electron chi connectivity index (χ0n) is 12.3. The predicted molar refractivity (Wildman–Crippen MR) is 78.2 cm³/mol. The molecule has 0 aromatic carbocycles. The van der Waals surface area contributed by atoms with Gasteiger partial charge in [-0.25, -0.2) is 13.8 Å². The van der Waals surface area contributed by atoms with Crippen molar-refractivity contribution in [2.45, 2.75) is 39.5 Å². The summed E-state index contributed by atoms with van der Waals surface area (Å²) < 4.78 is 27.7. The van der Waals surface area contributed by atoms with E-state index in [1.54, 1.807) is 0 Å². The number of pyridine rings is 1. The van der Waals surface area contributed by atoms with Gasteiger partial charge in [0.25, 0.3) is 0 Å². The van der Waals surface area contributed by atoms with E-state index in [0.29, 0.717) is 12.5 Å². The molecule has 0 radical (unpaired) electrons. The SMILES string of the molecule is CCCNc1nc(N(CCC)CC2CC2)c(F)cc1F. The third kappa shape index (κ3) is 3.81. The van der Waals surface area contributed by atoms with Crippen LogP contribution in [0, 0.1) is 17.6 Å². The molecule has 1 aromatic heterocycles. The average Bonchev–Trinajstić information content (AvgIpc) is 3.21. The lowest BCUT2D eigenvalue weighted by atomic mass is 10.3. The van der Waals surface area contributed by atoms with Crippen LogP contribution in [0.5, 0.6) is 0 Å². The smallest absolute Gasteiger partial charge is 0.168 e. The molecule has 0 amide bonds. The minimum absolute atomic E-state index is 0.153. The van der Waals surface area contributed by atoms with Gasteiger partial charge in [0.05, 0.1) is 0 Å². The zero-order chi connectivity index (χ0) is 14.5. The van der Waals surface area contributed by atoms with Crippen molar-refractivity contribution in [3.63, 3.8) is 0 Å². The highest BCUT2D eigenvalue weighted by molar-refractivity contribution is 5.49. The van der Waals surface area contributed by atoms with E-state index in [2.05, 4.69) is 17.2 Å². The van der Waals surface area contributed by atoms with E-state index in [1.165, 1.54) is 12.8 Å². The van der Waals surface area contributed by atoms with Crippen molar-refractivity contribution < 1.29 is 8.78 Å². The molecule has 1 saturated carbocycles. The minimum atomic E-state index is -0.623. The van der Waals surface area contributed by atoms with Crippen molar-refractivity contribution in [1.82, 2.24) is 4.98 Å². The van der Waals surface area contributed by atoms with Gasteiger partial charge in [-0.15, -0.1) is 0 Å². The molecule has 0 saturated heterocycles. The topological polar surface area (TPSA) is 28.2 Å². The molecule has 1 aromatic rings. The highest BCUT2D eigenvalue weighted by Gasteiger charge is 2.26. The second-order valence-corrected chi connectivity index (χ2v) is 5.44. The summed E-state index contributed by atoms with van der Waals surface area (Å²) in [5.41, 5.74) is 0. The van der Waals surface area contributed by atoms with E-state index in [0.717, 1.165) is 32.0 Å². The van der Waals surface area contributed by atoms with Crippen LogP contribution >= 0.6 is 0 Å². The first-order chi connectivity index (χ1) is 9.65. The van der Waals surface area contributed by atoms with Gasteiger partial charge in [-0.05, 0) is 31.6 Å². The molecule has 0 bridgehead atoms. The maximum absolute atomic E-state index is 14.0. The lowest BCUT2D eigenvalue weighted by molar-refractivity contribution is 0.564. The van der Waals surface area contributed by atoms with Crippen LogP contribution < -0.4 is 10.2 Å². The summed E-state index contributed by atoms with van der Waals surface area (Å²) in [4.78, 5) is 6.12. The summed E-state index contributed by atoms with van der Waals surface area (Å²) in [6, 6.07) is 0.940. The van der Waals surface area contributed by atoms with Gasteiger partial charge in [0, 0.05) is 25.7 Å². The Hall–Kier alpha value is -1.39. The van der Waals surface area contributed by atoms with Gasteiger partial charge >= 0.3 is 0 Å². The Morgan fingerprint density at radius 3 is 2.60 bits per heavy atom. The molecule has 1 aliphatic rings. The average molecular weight is 283 g/mol. The molecular formula is C15H23F2N3. The standard InChI is InChI=1S/C15H23F2N3/c1-3-7-18-14-12(16)9-13(17)15(19-14)20(8-4-2)10-11-5-6-11/h9,11H,3-8,10H2,1-2H3,(H,18,19). The van der Waals surface area contributed by atoms with E-state index in [9.17, 15) is 8.78 Å². The summed E-state index contributed by atoms with van der Waals surface area (Å²) in [6.07, 6.45) is 4.19. The van der Waals surface area contributed by atoms with Gasteiger partial charge < -0.3 is 10.2 Å². The Morgan fingerprint density at radius 2 is 2.00 bits per heavy atom.